The third-order valence-corrected chi connectivity index (χ3v) is 2.35. The molecule has 0 atom stereocenters. The van der Waals surface area contributed by atoms with Crippen molar-refractivity contribution in [2.45, 2.75) is 0 Å². The molecule has 0 radical (unpaired) electrons. The molecule has 1 N–H and O–H groups in total. The lowest BCUT2D eigenvalue weighted by Crippen LogP contribution is -2.01. The summed E-state index contributed by atoms with van der Waals surface area (Å²) < 4.78 is 0. The summed E-state index contributed by atoms with van der Waals surface area (Å²) in [7, 11) is 0. The summed E-state index contributed by atoms with van der Waals surface area (Å²) in [6, 6.07) is 12.0. The first-order valence-corrected chi connectivity index (χ1v) is 5.01. The SMILES string of the molecule is O=C(O)c1ccc(Cl)nc1-c1ccccc1. The van der Waals surface area contributed by atoms with Crippen molar-refractivity contribution >= 4 is 17.6 Å². The van der Waals surface area contributed by atoms with Gasteiger partial charge in [-0.2, -0.15) is 0 Å². The van der Waals surface area contributed by atoms with Gasteiger partial charge in [0.15, 0.2) is 0 Å². The highest BCUT2D eigenvalue weighted by atomic mass is 35.5. The van der Waals surface area contributed by atoms with Crippen LogP contribution in [0.5, 0.6) is 0 Å². The smallest absolute Gasteiger partial charge is 0.337 e. The van der Waals surface area contributed by atoms with Crippen molar-refractivity contribution < 1.29 is 9.90 Å². The van der Waals surface area contributed by atoms with Crippen molar-refractivity contribution in [3.63, 3.8) is 0 Å². The van der Waals surface area contributed by atoms with Crippen LogP contribution in [0.2, 0.25) is 5.15 Å². The van der Waals surface area contributed by atoms with Crippen LogP contribution < -0.4 is 0 Å². The van der Waals surface area contributed by atoms with Crippen LogP contribution in [-0.4, -0.2) is 16.1 Å². The van der Waals surface area contributed by atoms with E-state index in [0.29, 0.717) is 5.69 Å². The fourth-order valence-corrected chi connectivity index (χ4v) is 1.57. The van der Waals surface area contributed by atoms with Gasteiger partial charge < -0.3 is 5.11 Å². The number of halogens is 1. The Kier molecular flexibility index (Phi) is 2.88. The number of carboxylic acid groups (broad SMARTS) is 1. The fraction of sp³-hybridized carbons (Fsp3) is 0. The van der Waals surface area contributed by atoms with Crippen molar-refractivity contribution in [2.24, 2.45) is 0 Å². The molecule has 4 heteroatoms. The molecule has 0 aliphatic carbocycles. The van der Waals surface area contributed by atoms with E-state index in [1.807, 2.05) is 18.2 Å². The van der Waals surface area contributed by atoms with Crippen molar-refractivity contribution in [1.29, 1.82) is 0 Å². The van der Waals surface area contributed by atoms with Crippen molar-refractivity contribution in [2.75, 3.05) is 0 Å². The van der Waals surface area contributed by atoms with E-state index in [9.17, 15) is 4.79 Å². The predicted molar refractivity (Wildman–Crippen MR) is 61.6 cm³/mol. The molecule has 1 heterocycles. The number of rotatable bonds is 2. The highest BCUT2D eigenvalue weighted by Crippen LogP contribution is 2.23. The third kappa shape index (κ3) is 2.04. The summed E-state index contributed by atoms with van der Waals surface area (Å²) >= 11 is 5.77. The third-order valence-electron chi connectivity index (χ3n) is 2.14. The summed E-state index contributed by atoms with van der Waals surface area (Å²) in [5.74, 6) is -1.01. The molecule has 16 heavy (non-hydrogen) atoms. The van der Waals surface area contributed by atoms with Gasteiger partial charge in [0.1, 0.15) is 5.15 Å². The molecule has 0 aliphatic heterocycles. The molecule has 1 aromatic heterocycles. The van der Waals surface area contributed by atoms with Crippen LogP contribution >= 0.6 is 11.6 Å². The van der Waals surface area contributed by atoms with Gasteiger partial charge in [-0.3, -0.25) is 0 Å². The van der Waals surface area contributed by atoms with Crippen LogP contribution in [0.4, 0.5) is 0 Å². The zero-order valence-electron chi connectivity index (χ0n) is 8.22. The number of aromatic carboxylic acids is 1. The van der Waals surface area contributed by atoms with Crippen LogP contribution in [0, 0.1) is 0 Å². The van der Waals surface area contributed by atoms with Crippen molar-refractivity contribution in [3.8, 4) is 11.3 Å². The molecule has 0 fully saturated rings. The first kappa shape index (κ1) is 10.6. The van der Waals surface area contributed by atoms with Crippen LogP contribution in [-0.2, 0) is 0 Å². The van der Waals surface area contributed by atoms with Crippen LogP contribution in [0.15, 0.2) is 42.5 Å². The van der Waals surface area contributed by atoms with E-state index in [-0.39, 0.29) is 10.7 Å². The lowest BCUT2D eigenvalue weighted by Gasteiger charge is -2.05. The van der Waals surface area contributed by atoms with Gasteiger partial charge >= 0.3 is 5.97 Å². The molecular formula is C12H8ClNO2. The van der Waals surface area contributed by atoms with Gasteiger partial charge in [-0.05, 0) is 12.1 Å². The number of carboxylic acids is 1. The predicted octanol–water partition coefficient (Wildman–Crippen LogP) is 3.10. The molecule has 0 amide bonds. The maximum atomic E-state index is 11.0. The minimum absolute atomic E-state index is 0.149. The molecule has 2 aromatic rings. The van der Waals surface area contributed by atoms with Gasteiger partial charge in [-0.15, -0.1) is 0 Å². The van der Waals surface area contributed by atoms with Gasteiger partial charge in [0.25, 0.3) is 0 Å². The highest BCUT2D eigenvalue weighted by Gasteiger charge is 2.13. The van der Waals surface area contributed by atoms with Gasteiger partial charge in [0, 0.05) is 5.56 Å². The second-order valence-electron chi connectivity index (χ2n) is 3.20. The average molecular weight is 234 g/mol. The van der Waals surface area contributed by atoms with E-state index in [2.05, 4.69) is 4.98 Å². The quantitative estimate of drug-likeness (QED) is 0.811. The number of pyridine rings is 1. The molecule has 3 nitrogen and oxygen atoms in total. The van der Waals surface area contributed by atoms with Crippen LogP contribution in [0.1, 0.15) is 10.4 Å². The average Bonchev–Trinajstić information content (AvgIpc) is 2.29. The second kappa shape index (κ2) is 4.33. The molecular weight excluding hydrogens is 226 g/mol. The first-order chi connectivity index (χ1) is 7.68. The Morgan fingerprint density at radius 2 is 1.81 bits per heavy atom. The Morgan fingerprint density at radius 3 is 2.44 bits per heavy atom. The van der Waals surface area contributed by atoms with Crippen molar-refractivity contribution in [1.82, 2.24) is 4.98 Å². The maximum Gasteiger partial charge on any atom is 0.337 e. The Balaban J connectivity index is 2.63. The number of carbonyl (C=O) groups is 1. The van der Waals surface area contributed by atoms with E-state index in [0.717, 1.165) is 5.56 Å². The molecule has 0 bridgehead atoms. The molecule has 0 saturated carbocycles. The lowest BCUT2D eigenvalue weighted by atomic mass is 10.1. The van der Waals surface area contributed by atoms with Gasteiger partial charge in [0.05, 0.1) is 11.3 Å². The van der Waals surface area contributed by atoms with E-state index in [1.165, 1.54) is 12.1 Å². The van der Waals surface area contributed by atoms with E-state index in [1.54, 1.807) is 12.1 Å². The van der Waals surface area contributed by atoms with Gasteiger partial charge in [-0.25, -0.2) is 9.78 Å². The van der Waals surface area contributed by atoms with Gasteiger partial charge in [0.2, 0.25) is 0 Å². The molecule has 0 unspecified atom stereocenters. The minimum atomic E-state index is -1.01. The Hall–Kier alpha value is -1.87. The molecule has 0 spiro atoms. The first-order valence-electron chi connectivity index (χ1n) is 4.64. The summed E-state index contributed by atoms with van der Waals surface area (Å²) in [6.45, 7) is 0. The summed E-state index contributed by atoms with van der Waals surface area (Å²) in [6.07, 6.45) is 0. The fourth-order valence-electron chi connectivity index (χ4n) is 1.42. The van der Waals surface area contributed by atoms with E-state index in [4.69, 9.17) is 16.7 Å². The Bertz CT molecular complexity index is 526. The molecule has 1 aromatic carbocycles. The minimum Gasteiger partial charge on any atom is -0.478 e. The Labute approximate surface area is 97.3 Å². The zero-order chi connectivity index (χ0) is 11.5. The zero-order valence-corrected chi connectivity index (χ0v) is 8.98. The molecule has 80 valence electrons. The molecule has 0 aliphatic rings. The monoisotopic (exact) mass is 233 g/mol. The molecule has 2 rings (SSSR count). The van der Waals surface area contributed by atoms with Crippen LogP contribution in [0.25, 0.3) is 11.3 Å². The topological polar surface area (TPSA) is 50.2 Å². The van der Waals surface area contributed by atoms with Crippen molar-refractivity contribution in [3.05, 3.63) is 53.2 Å². The number of hydrogen-bond donors (Lipinski definition) is 1. The maximum absolute atomic E-state index is 11.0. The number of aromatic nitrogens is 1. The van der Waals surface area contributed by atoms with E-state index < -0.39 is 5.97 Å². The molecule has 0 saturated heterocycles. The standard InChI is InChI=1S/C12H8ClNO2/c13-10-7-6-9(12(15)16)11(14-10)8-4-2-1-3-5-8/h1-7H,(H,15,16). The summed E-state index contributed by atoms with van der Waals surface area (Å²) in [5, 5.41) is 9.32. The summed E-state index contributed by atoms with van der Waals surface area (Å²) in [4.78, 5) is 15.1. The number of hydrogen-bond acceptors (Lipinski definition) is 2. The number of nitrogens with zero attached hydrogens (tertiary/aromatic N) is 1. The number of benzene rings is 1. The summed E-state index contributed by atoms with van der Waals surface area (Å²) in [5.41, 5.74) is 1.28. The van der Waals surface area contributed by atoms with Crippen LogP contribution in [0.3, 0.4) is 0 Å². The largest absolute Gasteiger partial charge is 0.478 e. The second-order valence-corrected chi connectivity index (χ2v) is 3.59. The highest BCUT2D eigenvalue weighted by molar-refractivity contribution is 6.29. The van der Waals surface area contributed by atoms with Gasteiger partial charge in [-0.1, -0.05) is 41.9 Å². The Morgan fingerprint density at radius 1 is 1.12 bits per heavy atom. The normalized spacial score (nSPS) is 10.1. The van der Waals surface area contributed by atoms with E-state index >= 15 is 0 Å². The lowest BCUT2D eigenvalue weighted by molar-refractivity contribution is 0.0697.